The molecule has 0 aromatic rings. The lowest BCUT2D eigenvalue weighted by molar-refractivity contribution is -0.140. The van der Waals surface area contributed by atoms with Gasteiger partial charge in [-0.05, 0) is 25.7 Å². The molecule has 19 heavy (non-hydrogen) atoms. The molecule has 1 aliphatic carbocycles. The van der Waals surface area contributed by atoms with Crippen molar-refractivity contribution in [2.45, 2.75) is 49.0 Å². The number of amides is 1. The van der Waals surface area contributed by atoms with Crippen molar-refractivity contribution in [2.75, 3.05) is 13.7 Å². The van der Waals surface area contributed by atoms with Crippen LogP contribution >= 0.6 is 22.6 Å². The first-order valence-electron chi connectivity index (χ1n) is 6.75. The lowest BCUT2D eigenvalue weighted by atomic mass is 9.82. The molecular formula is C13H22INO4. The largest absolute Gasteiger partial charge is 0.468 e. The molecule has 1 saturated carbocycles. The van der Waals surface area contributed by atoms with E-state index in [1.807, 2.05) is 22.6 Å². The summed E-state index contributed by atoms with van der Waals surface area (Å²) in [5.41, 5.74) is 0. The predicted octanol–water partition coefficient (Wildman–Crippen LogP) is 2.66. The Balaban J connectivity index is 2.70. The summed E-state index contributed by atoms with van der Waals surface area (Å²) in [6.07, 6.45) is 5.14. The molecule has 0 bridgehead atoms. The highest BCUT2D eigenvalue weighted by atomic mass is 127. The minimum Gasteiger partial charge on any atom is -0.468 e. The second kappa shape index (κ2) is 8.60. The number of alkyl halides is 1. The first kappa shape index (κ1) is 16.5. The van der Waals surface area contributed by atoms with Gasteiger partial charge >= 0.3 is 12.1 Å². The van der Waals surface area contributed by atoms with E-state index in [0.29, 0.717) is 12.5 Å². The van der Waals surface area contributed by atoms with E-state index in [9.17, 15) is 9.59 Å². The number of hydrogen-bond donors (Lipinski definition) is 1. The van der Waals surface area contributed by atoms with Crippen molar-refractivity contribution in [1.29, 1.82) is 0 Å². The molecule has 1 fully saturated rings. The van der Waals surface area contributed by atoms with Crippen LogP contribution in [0.1, 0.15) is 39.0 Å². The SMILES string of the molecule is CCOC(=O)N[C@@H](C1CCCCC1)[C@H](I)C(=O)OC. The fraction of sp³-hybridized carbons (Fsp3) is 0.846. The number of alkyl carbamates (subject to hydrolysis) is 1. The molecule has 6 heteroatoms. The molecule has 1 N–H and O–H groups in total. The van der Waals surface area contributed by atoms with Crippen molar-refractivity contribution in [2.24, 2.45) is 5.92 Å². The van der Waals surface area contributed by atoms with E-state index in [0.717, 1.165) is 25.7 Å². The van der Waals surface area contributed by atoms with E-state index >= 15 is 0 Å². The third-order valence-corrected chi connectivity index (χ3v) is 4.74. The fourth-order valence-corrected chi connectivity index (χ4v) is 3.51. The number of hydrogen-bond acceptors (Lipinski definition) is 4. The molecule has 110 valence electrons. The average molecular weight is 383 g/mol. The van der Waals surface area contributed by atoms with E-state index in [1.54, 1.807) is 6.92 Å². The van der Waals surface area contributed by atoms with Crippen LogP contribution in [0, 0.1) is 5.92 Å². The Morgan fingerprint density at radius 2 is 1.95 bits per heavy atom. The zero-order chi connectivity index (χ0) is 14.3. The number of esters is 1. The van der Waals surface area contributed by atoms with Crippen LogP contribution in [0.4, 0.5) is 4.79 Å². The van der Waals surface area contributed by atoms with Gasteiger partial charge in [-0.25, -0.2) is 4.79 Å². The van der Waals surface area contributed by atoms with Crippen molar-refractivity contribution in [3.63, 3.8) is 0 Å². The molecule has 0 aliphatic heterocycles. The standard InChI is InChI=1S/C13H22INO4/c1-3-19-13(17)15-11(10(14)12(16)18-2)9-7-5-4-6-8-9/h9-11H,3-8H2,1-2H3,(H,15,17)/t10-,11-/m0/s1. The number of nitrogens with one attached hydrogen (secondary N) is 1. The summed E-state index contributed by atoms with van der Waals surface area (Å²) in [5, 5.41) is 2.83. The number of ether oxygens (including phenoxy) is 2. The molecule has 0 saturated heterocycles. The summed E-state index contributed by atoms with van der Waals surface area (Å²) < 4.78 is 9.33. The molecule has 0 aromatic heterocycles. The Kier molecular flexibility index (Phi) is 7.48. The maximum atomic E-state index is 11.7. The second-order valence-electron chi connectivity index (χ2n) is 4.71. The molecule has 0 radical (unpaired) electrons. The molecule has 1 rings (SSSR count). The van der Waals surface area contributed by atoms with E-state index in [-0.39, 0.29) is 15.9 Å². The van der Waals surface area contributed by atoms with Gasteiger partial charge in [-0.2, -0.15) is 0 Å². The fourth-order valence-electron chi connectivity index (χ4n) is 2.49. The first-order valence-corrected chi connectivity index (χ1v) is 7.99. The predicted molar refractivity (Wildman–Crippen MR) is 80.3 cm³/mol. The number of carbonyl (C=O) groups excluding carboxylic acids is 2. The minimum atomic E-state index is -0.455. The van der Waals surface area contributed by atoms with Crippen molar-refractivity contribution in [1.82, 2.24) is 5.32 Å². The Bertz CT molecular complexity index is 305. The molecule has 5 nitrogen and oxygen atoms in total. The molecule has 2 atom stereocenters. The van der Waals surface area contributed by atoms with Crippen molar-refractivity contribution >= 4 is 34.7 Å². The maximum Gasteiger partial charge on any atom is 0.407 e. The van der Waals surface area contributed by atoms with Gasteiger partial charge in [0, 0.05) is 0 Å². The van der Waals surface area contributed by atoms with Gasteiger partial charge in [-0.3, -0.25) is 4.79 Å². The van der Waals surface area contributed by atoms with Gasteiger partial charge in [0.15, 0.2) is 0 Å². The highest BCUT2D eigenvalue weighted by Crippen LogP contribution is 2.30. The average Bonchev–Trinajstić information content (AvgIpc) is 2.44. The number of rotatable bonds is 5. The number of halogens is 1. The molecular weight excluding hydrogens is 361 g/mol. The van der Waals surface area contributed by atoms with Crippen LogP contribution in [-0.2, 0) is 14.3 Å². The minimum absolute atomic E-state index is 0.215. The van der Waals surface area contributed by atoms with Crippen LogP contribution in [0.3, 0.4) is 0 Å². The van der Waals surface area contributed by atoms with Crippen LogP contribution in [0.5, 0.6) is 0 Å². The van der Waals surface area contributed by atoms with Gasteiger partial charge in [-0.1, -0.05) is 41.9 Å². The highest BCUT2D eigenvalue weighted by Gasteiger charge is 2.35. The summed E-state index contributed by atoms with van der Waals surface area (Å²) in [5.74, 6) is 0.0205. The highest BCUT2D eigenvalue weighted by molar-refractivity contribution is 14.1. The maximum absolute atomic E-state index is 11.7. The summed E-state index contributed by atoms with van der Waals surface area (Å²) in [4.78, 5) is 23.3. The van der Waals surface area contributed by atoms with Gasteiger partial charge in [-0.15, -0.1) is 0 Å². The lowest BCUT2D eigenvalue weighted by Crippen LogP contribution is -2.49. The van der Waals surface area contributed by atoms with Gasteiger partial charge in [0.1, 0.15) is 3.92 Å². The number of methoxy groups -OCH3 is 1. The van der Waals surface area contributed by atoms with Gasteiger partial charge < -0.3 is 14.8 Å². The smallest absolute Gasteiger partial charge is 0.407 e. The third kappa shape index (κ3) is 5.16. The Morgan fingerprint density at radius 3 is 2.47 bits per heavy atom. The third-order valence-electron chi connectivity index (χ3n) is 3.46. The zero-order valence-electron chi connectivity index (χ0n) is 11.5. The molecule has 1 amide bonds. The summed E-state index contributed by atoms with van der Waals surface area (Å²) in [6, 6.07) is -0.215. The lowest BCUT2D eigenvalue weighted by Gasteiger charge is -2.32. The first-order chi connectivity index (χ1) is 9.10. The van der Waals surface area contributed by atoms with Crippen LogP contribution in [0.2, 0.25) is 0 Å². The second-order valence-corrected chi connectivity index (χ2v) is 6.06. The van der Waals surface area contributed by atoms with E-state index in [4.69, 9.17) is 9.47 Å². The zero-order valence-corrected chi connectivity index (χ0v) is 13.6. The topological polar surface area (TPSA) is 64.6 Å². The Hall–Kier alpha value is -0.530. The molecule has 0 spiro atoms. The molecule has 0 aromatic carbocycles. The van der Waals surface area contributed by atoms with Crippen LogP contribution < -0.4 is 5.32 Å². The van der Waals surface area contributed by atoms with Gasteiger partial charge in [0.05, 0.1) is 19.8 Å². The van der Waals surface area contributed by atoms with Gasteiger partial charge in [0.25, 0.3) is 0 Å². The van der Waals surface area contributed by atoms with Crippen molar-refractivity contribution in [3.8, 4) is 0 Å². The van der Waals surface area contributed by atoms with Gasteiger partial charge in [0.2, 0.25) is 0 Å². The summed E-state index contributed by atoms with van der Waals surface area (Å²) in [7, 11) is 1.37. The summed E-state index contributed by atoms with van der Waals surface area (Å²) >= 11 is 2.05. The molecule has 0 heterocycles. The van der Waals surface area contributed by atoms with Crippen molar-refractivity contribution < 1.29 is 19.1 Å². The monoisotopic (exact) mass is 383 g/mol. The Morgan fingerprint density at radius 1 is 1.32 bits per heavy atom. The molecule has 0 unspecified atom stereocenters. The Labute approximate surface area is 127 Å². The normalized spacial score (nSPS) is 19.3. The van der Waals surface area contributed by atoms with E-state index in [2.05, 4.69) is 5.32 Å². The van der Waals surface area contributed by atoms with Crippen LogP contribution in [0.15, 0.2) is 0 Å². The van der Waals surface area contributed by atoms with Crippen LogP contribution in [-0.4, -0.2) is 35.7 Å². The number of carbonyl (C=O) groups is 2. The van der Waals surface area contributed by atoms with Crippen LogP contribution in [0.25, 0.3) is 0 Å². The van der Waals surface area contributed by atoms with E-state index < -0.39 is 6.09 Å². The van der Waals surface area contributed by atoms with E-state index in [1.165, 1.54) is 13.5 Å². The van der Waals surface area contributed by atoms with Crippen molar-refractivity contribution in [3.05, 3.63) is 0 Å². The quantitative estimate of drug-likeness (QED) is 0.451. The summed E-state index contributed by atoms with van der Waals surface area (Å²) in [6.45, 7) is 2.09. The molecule has 1 aliphatic rings.